The van der Waals surface area contributed by atoms with Gasteiger partial charge < -0.3 is 4.90 Å². The molecule has 1 amide bonds. The lowest BCUT2D eigenvalue weighted by Crippen LogP contribution is -2.41. The quantitative estimate of drug-likeness (QED) is 0.551. The van der Waals surface area contributed by atoms with Gasteiger partial charge in [0.25, 0.3) is 0 Å². The lowest BCUT2D eigenvalue weighted by molar-refractivity contribution is -0.137. The smallest absolute Gasteiger partial charge is 0.316 e. The molecule has 1 aliphatic carbocycles. The zero-order valence-corrected chi connectivity index (χ0v) is 18.0. The van der Waals surface area contributed by atoms with E-state index in [1.54, 1.807) is 0 Å². The third-order valence-electron chi connectivity index (χ3n) is 6.11. The molecule has 1 atom stereocenters. The Labute approximate surface area is 181 Å². The molecule has 32 heavy (non-hydrogen) atoms. The summed E-state index contributed by atoms with van der Waals surface area (Å²) in [7, 11) is -4.27. The van der Waals surface area contributed by atoms with Gasteiger partial charge in [0.2, 0.25) is 5.91 Å². The topological polar surface area (TPSA) is 54.5 Å². The maximum absolute atomic E-state index is 13.2. The summed E-state index contributed by atoms with van der Waals surface area (Å²) in [6.45, 7) is 2.65. The minimum absolute atomic E-state index is 0.0232. The Kier molecular flexibility index (Phi) is 6.03. The van der Waals surface area contributed by atoms with Crippen molar-refractivity contribution >= 4 is 15.7 Å². The summed E-state index contributed by atoms with van der Waals surface area (Å²) >= 11 is 0. The van der Waals surface area contributed by atoms with Crippen molar-refractivity contribution < 1.29 is 39.6 Å². The molecule has 1 aromatic rings. The number of hydrogen-bond donors (Lipinski definition) is 0. The highest BCUT2D eigenvalue weighted by Crippen LogP contribution is 2.41. The van der Waals surface area contributed by atoms with Gasteiger partial charge in [-0.3, -0.25) is 4.79 Å². The largest absolute Gasteiger partial charge is 0.416 e. The van der Waals surface area contributed by atoms with Gasteiger partial charge in [-0.2, -0.15) is 26.3 Å². The van der Waals surface area contributed by atoms with Crippen molar-refractivity contribution in [2.45, 2.75) is 55.1 Å². The van der Waals surface area contributed by atoms with Crippen LogP contribution >= 0.6 is 0 Å². The molecule has 0 saturated carbocycles. The van der Waals surface area contributed by atoms with E-state index in [4.69, 9.17) is 0 Å². The third-order valence-corrected chi connectivity index (χ3v) is 8.70. The van der Waals surface area contributed by atoms with Crippen LogP contribution in [-0.2, 0) is 20.8 Å². The zero-order valence-electron chi connectivity index (χ0n) is 17.2. The van der Waals surface area contributed by atoms with Gasteiger partial charge in [-0.25, -0.2) is 8.42 Å². The van der Waals surface area contributed by atoms with Crippen LogP contribution in [0.2, 0.25) is 0 Å². The lowest BCUT2D eigenvalue weighted by atomic mass is 9.94. The second kappa shape index (κ2) is 7.93. The average molecular weight is 481 g/mol. The fourth-order valence-electron chi connectivity index (χ4n) is 3.90. The minimum Gasteiger partial charge on any atom is -0.316 e. The molecule has 1 saturated heterocycles. The van der Waals surface area contributed by atoms with E-state index < -0.39 is 54.8 Å². The van der Waals surface area contributed by atoms with Gasteiger partial charge in [0.1, 0.15) is 0 Å². The van der Waals surface area contributed by atoms with Gasteiger partial charge in [-0.15, -0.1) is 0 Å². The standard InChI is InChI=1S/C21H21F6NO3S/c1-19(2,32(30,31)17-5-3-4-14(10-17)21(25,26)27)15-11-18(29)28(12-15)16-8-6-13(7-9-16)20(22,23)24/h3-6,8,10,15H,7,9,11-12H2,1-2H3. The van der Waals surface area contributed by atoms with Gasteiger partial charge in [0.15, 0.2) is 9.84 Å². The van der Waals surface area contributed by atoms with Crippen LogP contribution in [0, 0.1) is 5.92 Å². The van der Waals surface area contributed by atoms with E-state index in [1.165, 1.54) is 24.8 Å². The molecule has 1 heterocycles. The number of benzene rings is 1. The lowest BCUT2D eigenvalue weighted by Gasteiger charge is -2.32. The predicted octanol–water partition coefficient (Wildman–Crippen LogP) is 5.27. The summed E-state index contributed by atoms with van der Waals surface area (Å²) in [6.07, 6.45) is -7.56. The van der Waals surface area contributed by atoms with Crippen molar-refractivity contribution in [3.05, 3.63) is 53.3 Å². The number of allylic oxidation sites excluding steroid dienone is 4. The van der Waals surface area contributed by atoms with E-state index in [9.17, 15) is 39.6 Å². The maximum atomic E-state index is 13.2. The molecule has 1 unspecified atom stereocenters. The van der Waals surface area contributed by atoms with E-state index in [-0.39, 0.29) is 25.8 Å². The van der Waals surface area contributed by atoms with E-state index in [0.29, 0.717) is 11.8 Å². The van der Waals surface area contributed by atoms with E-state index in [2.05, 4.69) is 0 Å². The Morgan fingerprint density at radius 3 is 2.16 bits per heavy atom. The molecular formula is C21H21F6NO3S. The number of alkyl halides is 6. The normalized spacial score (nSPS) is 20.9. The summed E-state index contributed by atoms with van der Waals surface area (Å²) in [6, 6.07) is 3.42. The van der Waals surface area contributed by atoms with Crippen molar-refractivity contribution in [2.24, 2.45) is 5.92 Å². The zero-order chi connectivity index (χ0) is 24.1. The second-order valence-corrected chi connectivity index (χ2v) is 10.9. The van der Waals surface area contributed by atoms with Crippen molar-refractivity contribution in [1.29, 1.82) is 0 Å². The van der Waals surface area contributed by atoms with Crippen molar-refractivity contribution in [3.63, 3.8) is 0 Å². The first-order valence-electron chi connectivity index (χ1n) is 9.74. The van der Waals surface area contributed by atoms with Crippen LogP contribution in [0.1, 0.15) is 38.7 Å². The number of carbonyl (C=O) groups is 1. The summed E-state index contributed by atoms with van der Waals surface area (Å²) in [5.74, 6) is -1.19. The molecule has 11 heteroatoms. The fourth-order valence-corrected chi connectivity index (χ4v) is 5.64. The summed E-state index contributed by atoms with van der Waals surface area (Å²) in [5, 5.41) is 0. The number of likely N-dealkylation sites (tertiary alicyclic amines) is 1. The molecule has 0 spiro atoms. The highest BCUT2D eigenvalue weighted by molar-refractivity contribution is 7.92. The Bertz CT molecular complexity index is 1080. The van der Waals surface area contributed by atoms with Crippen molar-refractivity contribution in [2.75, 3.05) is 6.54 Å². The Balaban J connectivity index is 1.87. The number of carbonyl (C=O) groups excluding carboxylic acids is 1. The summed E-state index contributed by atoms with van der Waals surface area (Å²) in [4.78, 5) is 13.3. The van der Waals surface area contributed by atoms with Gasteiger partial charge in [-0.05, 0) is 51.0 Å². The van der Waals surface area contributed by atoms with Crippen LogP contribution in [0.4, 0.5) is 26.3 Å². The molecule has 1 aromatic carbocycles. The van der Waals surface area contributed by atoms with E-state index in [0.717, 1.165) is 24.3 Å². The molecular weight excluding hydrogens is 460 g/mol. The number of hydrogen-bond acceptors (Lipinski definition) is 3. The molecule has 1 fully saturated rings. The highest BCUT2D eigenvalue weighted by Gasteiger charge is 2.49. The van der Waals surface area contributed by atoms with Gasteiger partial charge in [0, 0.05) is 30.2 Å². The molecule has 0 bridgehead atoms. The minimum atomic E-state index is -4.72. The Hall–Kier alpha value is -2.30. The number of sulfone groups is 1. The predicted molar refractivity (Wildman–Crippen MR) is 104 cm³/mol. The number of amides is 1. The number of nitrogens with zero attached hydrogens (tertiary/aromatic N) is 1. The van der Waals surface area contributed by atoms with Crippen LogP contribution in [0.5, 0.6) is 0 Å². The van der Waals surface area contributed by atoms with Crippen LogP contribution < -0.4 is 0 Å². The van der Waals surface area contributed by atoms with E-state index in [1.807, 2.05) is 0 Å². The van der Waals surface area contributed by atoms with Crippen LogP contribution in [0.25, 0.3) is 0 Å². The highest BCUT2D eigenvalue weighted by atomic mass is 32.2. The second-order valence-electron chi connectivity index (χ2n) is 8.39. The molecule has 2 aliphatic rings. The number of rotatable bonds is 4. The Morgan fingerprint density at radius 1 is 0.969 bits per heavy atom. The van der Waals surface area contributed by atoms with Gasteiger partial charge in [-0.1, -0.05) is 12.1 Å². The van der Waals surface area contributed by atoms with Gasteiger partial charge in [0.05, 0.1) is 15.2 Å². The van der Waals surface area contributed by atoms with Crippen LogP contribution in [0.15, 0.2) is 52.6 Å². The first kappa shape index (κ1) is 24.3. The van der Waals surface area contributed by atoms with Crippen molar-refractivity contribution in [3.8, 4) is 0 Å². The summed E-state index contributed by atoms with van der Waals surface area (Å²) < 4.78 is 102. The molecule has 0 N–H and O–H groups in total. The molecule has 0 radical (unpaired) electrons. The molecule has 0 aromatic heterocycles. The molecule has 1 aliphatic heterocycles. The third kappa shape index (κ3) is 4.44. The molecule has 3 rings (SSSR count). The maximum Gasteiger partial charge on any atom is 0.416 e. The fraction of sp³-hybridized carbons (Fsp3) is 0.476. The van der Waals surface area contributed by atoms with Crippen molar-refractivity contribution in [1.82, 2.24) is 4.90 Å². The molecule has 4 nitrogen and oxygen atoms in total. The van der Waals surface area contributed by atoms with E-state index >= 15 is 0 Å². The monoisotopic (exact) mass is 481 g/mol. The van der Waals surface area contributed by atoms with Crippen LogP contribution in [-0.4, -0.2) is 36.7 Å². The number of halogens is 6. The average Bonchev–Trinajstić information content (AvgIpc) is 3.09. The molecule has 176 valence electrons. The SMILES string of the molecule is CC(C)(C1CC(=O)N(C2=CC=C(C(F)(F)F)CC2)C1)S(=O)(=O)c1cccc(C(F)(F)F)c1. The Morgan fingerprint density at radius 2 is 1.62 bits per heavy atom. The first-order chi connectivity index (χ1) is 14.5. The van der Waals surface area contributed by atoms with Gasteiger partial charge >= 0.3 is 12.4 Å². The van der Waals surface area contributed by atoms with Crippen LogP contribution in [0.3, 0.4) is 0 Å². The summed E-state index contributed by atoms with van der Waals surface area (Å²) in [5.41, 5.74) is -1.45. The first-order valence-corrected chi connectivity index (χ1v) is 11.2.